The molecule has 1 saturated heterocycles. The normalized spacial score (nSPS) is 18.3. The number of anilines is 1. The number of urea groups is 1. The summed E-state index contributed by atoms with van der Waals surface area (Å²) in [6, 6.07) is 1.74. The number of hydrogen-bond acceptors (Lipinski definition) is 3. The fourth-order valence-corrected chi connectivity index (χ4v) is 2.20. The van der Waals surface area contributed by atoms with Crippen LogP contribution in [0.1, 0.15) is 25.3 Å². The quantitative estimate of drug-likeness (QED) is 0.907. The molecule has 0 spiro atoms. The minimum atomic E-state index is -0.0766. The fraction of sp³-hybridized carbons (Fsp3) is 0.571. The Labute approximate surface area is 114 Å². The number of hydrogen-bond donors (Lipinski definition) is 1. The fourth-order valence-electron chi connectivity index (χ4n) is 2.20. The van der Waals surface area contributed by atoms with E-state index in [1.807, 2.05) is 19.9 Å². The van der Waals surface area contributed by atoms with Gasteiger partial charge in [0.2, 0.25) is 0 Å². The van der Waals surface area contributed by atoms with Crippen LogP contribution in [0.2, 0.25) is 0 Å². The van der Waals surface area contributed by atoms with Crippen molar-refractivity contribution in [3.63, 3.8) is 0 Å². The van der Waals surface area contributed by atoms with E-state index >= 15 is 0 Å². The molecule has 0 saturated carbocycles. The second kappa shape index (κ2) is 6.52. The standard InChI is InChI=1S/C14H21N3O2/c1-3-17(10-12-5-4-8-19-12)14(18)16-13-6-7-15-9-11(13)2/h6-7,9,12H,3-5,8,10H2,1-2H3,(H,15,16,18). The number of nitrogens with zero attached hydrogens (tertiary/aromatic N) is 2. The van der Waals surface area contributed by atoms with Gasteiger partial charge in [-0.05, 0) is 38.3 Å². The maximum atomic E-state index is 12.2. The second-order valence-corrected chi connectivity index (χ2v) is 4.79. The van der Waals surface area contributed by atoms with Crippen molar-refractivity contribution in [2.24, 2.45) is 0 Å². The maximum Gasteiger partial charge on any atom is 0.321 e. The molecule has 1 unspecified atom stereocenters. The molecule has 5 nitrogen and oxygen atoms in total. The summed E-state index contributed by atoms with van der Waals surface area (Å²) >= 11 is 0. The molecule has 2 rings (SSSR count). The van der Waals surface area contributed by atoms with Crippen LogP contribution >= 0.6 is 0 Å². The van der Waals surface area contributed by atoms with Gasteiger partial charge in [0.15, 0.2) is 0 Å². The van der Waals surface area contributed by atoms with Crippen LogP contribution in [-0.4, -0.2) is 41.7 Å². The summed E-state index contributed by atoms with van der Waals surface area (Å²) in [5.41, 5.74) is 1.77. The molecular weight excluding hydrogens is 242 g/mol. The number of aromatic nitrogens is 1. The third kappa shape index (κ3) is 3.67. The molecule has 5 heteroatoms. The first kappa shape index (κ1) is 13.8. The van der Waals surface area contributed by atoms with Crippen LogP contribution in [0.15, 0.2) is 18.5 Å². The van der Waals surface area contributed by atoms with Gasteiger partial charge in [-0.15, -0.1) is 0 Å². The molecule has 1 aromatic heterocycles. The van der Waals surface area contributed by atoms with Gasteiger partial charge in [0.1, 0.15) is 0 Å². The molecule has 1 aliphatic heterocycles. The molecule has 19 heavy (non-hydrogen) atoms. The largest absolute Gasteiger partial charge is 0.376 e. The van der Waals surface area contributed by atoms with Crippen LogP contribution in [-0.2, 0) is 4.74 Å². The Hall–Kier alpha value is -1.62. The van der Waals surface area contributed by atoms with Gasteiger partial charge >= 0.3 is 6.03 Å². The number of ether oxygens (including phenoxy) is 1. The van der Waals surface area contributed by atoms with E-state index in [9.17, 15) is 4.79 Å². The summed E-state index contributed by atoms with van der Waals surface area (Å²) < 4.78 is 5.58. The molecule has 104 valence electrons. The molecule has 1 fully saturated rings. The first-order chi connectivity index (χ1) is 9.20. The highest BCUT2D eigenvalue weighted by Gasteiger charge is 2.21. The monoisotopic (exact) mass is 263 g/mol. The Morgan fingerprint density at radius 1 is 1.63 bits per heavy atom. The number of pyridine rings is 1. The van der Waals surface area contributed by atoms with Gasteiger partial charge in [-0.25, -0.2) is 4.79 Å². The number of carbonyl (C=O) groups is 1. The predicted molar refractivity (Wildman–Crippen MR) is 74.2 cm³/mol. The van der Waals surface area contributed by atoms with Crippen LogP contribution in [0, 0.1) is 6.92 Å². The van der Waals surface area contributed by atoms with Crippen LogP contribution < -0.4 is 5.32 Å². The van der Waals surface area contributed by atoms with Crippen LogP contribution in [0.4, 0.5) is 10.5 Å². The Kier molecular flexibility index (Phi) is 4.74. The smallest absolute Gasteiger partial charge is 0.321 e. The molecule has 0 aliphatic carbocycles. The van der Waals surface area contributed by atoms with Crippen LogP contribution in [0.3, 0.4) is 0 Å². The van der Waals surface area contributed by atoms with Crippen molar-refractivity contribution in [2.45, 2.75) is 32.8 Å². The highest BCUT2D eigenvalue weighted by molar-refractivity contribution is 5.90. The summed E-state index contributed by atoms with van der Waals surface area (Å²) in [6.07, 6.45) is 5.74. The zero-order chi connectivity index (χ0) is 13.7. The average Bonchev–Trinajstić information content (AvgIpc) is 2.91. The molecule has 2 amide bonds. The molecule has 1 N–H and O–H groups in total. The second-order valence-electron chi connectivity index (χ2n) is 4.79. The zero-order valence-corrected chi connectivity index (χ0v) is 11.6. The molecule has 0 bridgehead atoms. The summed E-state index contributed by atoms with van der Waals surface area (Å²) in [6.45, 7) is 6.06. The van der Waals surface area contributed by atoms with Gasteiger partial charge in [0.25, 0.3) is 0 Å². The van der Waals surface area contributed by atoms with Gasteiger partial charge in [-0.3, -0.25) is 4.98 Å². The first-order valence-corrected chi connectivity index (χ1v) is 6.79. The third-order valence-corrected chi connectivity index (χ3v) is 3.38. The summed E-state index contributed by atoms with van der Waals surface area (Å²) in [5, 5.41) is 2.93. The summed E-state index contributed by atoms with van der Waals surface area (Å²) in [4.78, 5) is 18.0. The molecule has 0 radical (unpaired) electrons. The molecule has 1 atom stereocenters. The number of carbonyl (C=O) groups excluding carboxylic acids is 1. The average molecular weight is 263 g/mol. The lowest BCUT2D eigenvalue weighted by Crippen LogP contribution is -2.40. The van der Waals surface area contributed by atoms with E-state index in [-0.39, 0.29) is 12.1 Å². The van der Waals surface area contributed by atoms with Crippen LogP contribution in [0.5, 0.6) is 0 Å². The van der Waals surface area contributed by atoms with Crippen LogP contribution in [0.25, 0.3) is 0 Å². The highest BCUT2D eigenvalue weighted by atomic mass is 16.5. The lowest BCUT2D eigenvalue weighted by molar-refractivity contribution is 0.0849. The predicted octanol–water partition coefficient (Wildman–Crippen LogP) is 2.42. The number of aryl methyl sites for hydroxylation is 1. The van der Waals surface area contributed by atoms with Gasteiger partial charge in [-0.2, -0.15) is 0 Å². The SMILES string of the molecule is CCN(CC1CCCO1)C(=O)Nc1ccncc1C. The van der Waals surface area contributed by atoms with Gasteiger partial charge in [0.05, 0.1) is 6.10 Å². The van der Waals surface area contributed by atoms with E-state index in [1.54, 1.807) is 17.3 Å². The van der Waals surface area contributed by atoms with Crippen molar-refractivity contribution in [3.8, 4) is 0 Å². The van der Waals surface area contributed by atoms with Crippen molar-refractivity contribution in [2.75, 3.05) is 25.0 Å². The molecule has 2 heterocycles. The lowest BCUT2D eigenvalue weighted by atomic mass is 10.2. The Balaban J connectivity index is 1.94. The van der Waals surface area contributed by atoms with E-state index in [4.69, 9.17) is 4.74 Å². The van der Waals surface area contributed by atoms with E-state index in [0.717, 1.165) is 30.7 Å². The Morgan fingerprint density at radius 3 is 3.11 bits per heavy atom. The lowest BCUT2D eigenvalue weighted by Gasteiger charge is -2.24. The maximum absolute atomic E-state index is 12.2. The molecule has 1 aliphatic rings. The molecular formula is C14H21N3O2. The van der Waals surface area contributed by atoms with E-state index in [1.165, 1.54) is 0 Å². The summed E-state index contributed by atoms with van der Waals surface area (Å²) in [7, 11) is 0. The van der Waals surface area contributed by atoms with Crippen molar-refractivity contribution in [3.05, 3.63) is 24.0 Å². The number of amides is 2. The first-order valence-electron chi connectivity index (χ1n) is 6.79. The van der Waals surface area contributed by atoms with Crippen molar-refractivity contribution >= 4 is 11.7 Å². The van der Waals surface area contributed by atoms with Gasteiger partial charge in [-0.1, -0.05) is 0 Å². The number of rotatable bonds is 4. The Bertz CT molecular complexity index is 430. The van der Waals surface area contributed by atoms with E-state index < -0.39 is 0 Å². The minimum absolute atomic E-state index is 0.0766. The van der Waals surface area contributed by atoms with Crippen molar-refractivity contribution < 1.29 is 9.53 Å². The topological polar surface area (TPSA) is 54.5 Å². The third-order valence-electron chi connectivity index (χ3n) is 3.38. The van der Waals surface area contributed by atoms with E-state index in [2.05, 4.69) is 10.3 Å². The van der Waals surface area contributed by atoms with Gasteiger partial charge < -0.3 is 15.0 Å². The Morgan fingerprint density at radius 2 is 2.47 bits per heavy atom. The molecule has 1 aromatic rings. The van der Waals surface area contributed by atoms with E-state index in [0.29, 0.717) is 13.1 Å². The zero-order valence-electron chi connectivity index (χ0n) is 11.6. The number of likely N-dealkylation sites (N-methyl/N-ethyl adjacent to an activating group) is 1. The van der Waals surface area contributed by atoms with Crippen molar-refractivity contribution in [1.82, 2.24) is 9.88 Å². The highest BCUT2D eigenvalue weighted by Crippen LogP contribution is 2.15. The van der Waals surface area contributed by atoms with Gasteiger partial charge in [0, 0.05) is 37.8 Å². The van der Waals surface area contributed by atoms with Crippen molar-refractivity contribution in [1.29, 1.82) is 0 Å². The minimum Gasteiger partial charge on any atom is -0.376 e. The molecule has 0 aromatic carbocycles. The summed E-state index contributed by atoms with van der Waals surface area (Å²) in [5.74, 6) is 0. The number of nitrogens with one attached hydrogen (secondary N) is 1.